The maximum absolute atomic E-state index is 10.6. The second-order valence-corrected chi connectivity index (χ2v) is 3.80. The number of rotatable bonds is 3. The number of aliphatic hydroxyl groups is 1. The number of carboxylic acid groups (broad SMARTS) is 1. The van der Waals surface area contributed by atoms with Crippen molar-refractivity contribution in [3.63, 3.8) is 0 Å². The van der Waals surface area contributed by atoms with Crippen LogP contribution in [-0.4, -0.2) is 16.2 Å². The molecule has 0 aromatic heterocycles. The Morgan fingerprint density at radius 1 is 1.16 bits per heavy atom. The van der Waals surface area contributed by atoms with Crippen LogP contribution in [-0.2, 0) is 11.2 Å². The van der Waals surface area contributed by atoms with Crippen molar-refractivity contribution >= 4 is 16.7 Å². The molecule has 2 aromatic rings. The Kier molecular flexibility index (Phi) is 10.4. The van der Waals surface area contributed by atoms with Gasteiger partial charge >= 0.3 is 57.4 Å². The van der Waals surface area contributed by atoms with Gasteiger partial charge in [0, 0.05) is 0 Å². The molecule has 2 rings (SSSR count). The van der Waals surface area contributed by atoms with E-state index in [0.717, 1.165) is 29.4 Å². The van der Waals surface area contributed by atoms with Crippen molar-refractivity contribution in [2.45, 2.75) is 19.8 Å². The number of aliphatic carboxylic acids is 1. The summed E-state index contributed by atoms with van der Waals surface area (Å²) in [6.45, 7) is 3.00. The van der Waals surface area contributed by atoms with Gasteiger partial charge in [-0.05, 0) is 16.3 Å². The van der Waals surface area contributed by atoms with Crippen LogP contribution in [0, 0.1) is 6.61 Å². The quantitative estimate of drug-likeness (QED) is 0.634. The van der Waals surface area contributed by atoms with Crippen molar-refractivity contribution in [2.24, 2.45) is 0 Å². The van der Waals surface area contributed by atoms with Gasteiger partial charge in [-0.25, -0.2) is 6.61 Å². The van der Waals surface area contributed by atoms with Gasteiger partial charge in [-0.1, -0.05) is 49.4 Å². The number of hydrogen-bond acceptors (Lipinski definition) is 2. The monoisotopic (exact) mass is 284 g/mol. The van der Waals surface area contributed by atoms with E-state index in [0.29, 0.717) is 0 Å². The molecule has 0 saturated carbocycles. The molecule has 0 aliphatic carbocycles. The Morgan fingerprint density at radius 2 is 1.74 bits per heavy atom. The molecular weight excluding hydrogens is 267 g/mol. The molecule has 0 spiro atoms. The second kappa shape index (κ2) is 10.5. The van der Waals surface area contributed by atoms with Crippen LogP contribution >= 0.6 is 0 Å². The van der Waals surface area contributed by atoms with Crippen LogP contribution in [0.4, 0.5) is 0 Å². The van der Waals surface area contributed by atoms with Crippen LogP contribution in [0.15, 0.2) is 42.5 Å². The fraction of sp³-hybridized carbons (Fsp3) is 0.200. The number of carbonyl (C=O) groups is 1. The van der Waals surface area contributed by atoms with Crippen LogP contribution in [0.5, 0.6) is 0 Å². The minimum absolute atomic E-state index is 0. The number of hydrogen-bond donors (Lipinski definition) is 2. The smallest absolute Gasteiger partial charge is 0.566 e. The van der Waals surface area contributed by atoms with E-state index in [1.165, 1.54) is 0 Å². The molecule has 0 atom stereocenters. The second-order valence-electron chi connectivity index (χ2n) is 3.80. The number of aliphatic hydroxyl groups excluding tert-OH is 1. The van der Waals surface area contributed by atoms with E-state index in [2.05, 4.69) is 0 Å². The summed E-state index contributed by atoms with van der Waals surface area (Å²) in [6, 6.07) is 13.5. The van der Waals surface area contributed by atoms with E-state index in [-0.39, 0.29) is 57.8 Å². The maximum atomic E-state index is 10.6. The van der Waals surface area contributed by atoms with E-state index >= 15 is 0 Å². The molecule has 2 aromatic carbocycles. The average molecular weight is 284 g/mol. The normalized spacial score (nSPS) is 9.16. The van der Waals surface area contributed by atoms with Gasteiger partial charge in [0.25, 0.3) is 0 Å². The first-order valence-corrected chi connectivity index (χ1v) is 5.83. The minimum Gasteiger partial charge on any atom is -0.566 e. The molecule has 4 heteroatoms. The van der Waals surface area contributed by atoms with E-state index in [1.54, 1.807) is 0 Å². The first kappa shape index (κ1) is 18.8. The molecule has 0 heterocycles. The summed E-state index contributed by atoms with van der Waals surface area (Å²) in [6.07, 6.45) is 0.835. The number of fused-ring (bicyclic) bond motifs is 1. The van der Waals surface area contributed by atoms with Gasteiger partial charge in [0.2, 0.25) is 0 Å². The largest absolute Gasteiger partial charge is 1.00 e. The van der Waals surface area contributed by atoms with Crippen molar-refractivity contribution in [1.82, 2.24) is 0 Å². The Hall–Kier alpha value is -0.234. The Morgan fingerprint density at radius 3 is 2.32 bits per heavy atom. The first-order valence-electron chi connectivity index (χ1n) is 5.83. The molecule has 19 heavy (non-hydrogen) atoms. The van der Waals surface area contributed by atoms with Gasteiger partial charge < -0.3 is 10.2 Å². The fourth-order valence-electron chi connectivity index (χ4n) is 1.61. The zero-order chi connectivity index (χ0) is 13.4. The third kappa shape index (κ3) is 6.65. The predicted octanol–water partition coefficient (Wildman–Crippen LogP) is 0.402. The molecule has 0 bridgehead atoms. The summed E-state index contributed by atoms with van der Waals surface area (Å²) in [5, 5.41) is 18.6. The van der Waals surface area contributed by atoms with E-state index in [1.807, 2.05) is 49.4 Å². The molecule has 0 unspecified atom stereocenters. The van der Waals surface area contributed by atoms with Crippen LogP contribution in [0.3, 0.4) is 0 Å². The molecule has 2 N–H and O–H groups in total. The van der Waals surface area contributed by atoms with Gasteiger partial charge in [-0.2, -0.15) is 6.42 Å². The van der Waals surface area contributed by atoms with Gasteiger partial charge in [0.15, 0.2) is 0 Å². The van der Waals surface area contributed by atoms with Crippen molar-refractivity contribution in [1.29, 1.82) is 0 Å². The number of carboxylic acids is 1. The topological polar surface area (TPSA) is 57.5 Å². The minimum atomic E-state index is -0.790. The molecular formula is C15H17KO3. The van der Waals surface area contributed by atoms with Gasteiger partial charge in [0.1, 0.15) is 0 Å². The molecule has 0 saturated heterocycles. The summed E-state index contributed by atoms with van der Waals surface area (Å²) in [4.78, 5) is 10.6. The standard InChI is InChI=1S/C12H10O2.C3H7O.K/c13-12(14)8-10-6-3-5-9-4-1-2-7-11(9)10;1-2-3-4;/h1-7H,8H2,(H,13,14);3-4H,2H2,1H3;/q;-1;+1. The van der Waals surface area contributed by atoms with E-state index in [9.17, 15) is 4.79 Å². The summed E-state index contributed by atoms with van der Waals surface area (Å²) in [5.74, 6) is -0.790. The van der Waals surface area contributed by atoms with E-state index in [4.69, 9.17) is 10.2 Å². The zero-order valence-corrected chi connectivity index (χ0v) is 14.5. The third-order valence-electron chi connectivity index (χ3n) is 2.40. The Balaban J connectivity index is 0.000000576. The van der Waals surface area contributed by atoms with Gasteiger partial charge in [-0.15, -0.1) is 0 Å². The van der Waals surface area contributed by atoms with Crippen LogP contribution in [0.2, 0.25) is 0 Å². The summed E-state index contributed by atoms with van der Waals surface area (Å²) >= 11 is 0. The van der Waals surface area contributed by atoms with Crippen molar-refractivity contribution in [3.8, 4) is 0 Å². The first-order chi connectivity index (χ1) is 8.69. The molecule has 0 radical (unpaired) electrons. The van der Waals surface area contributed by atoms with Crippen molar-refractivity contribution in [3.05, 3.63) is 54.6 Å². The Labute approximate surface area is 156 Å². The number of benzene rings is 2. The zero-order valence-electron chi connectivity index (χ0n) is 11.3. The maximum Gasteiger partial charge on any atom is 1.00 e. The van der Waals surface area contributed by atoms with Crippen molar-refractivity contribution in [2.75, 3.05) is 0 Å². The van der Waals surface area contributed by atoms with Crippen LogP contribution in [0.25, 0.3) is 10.8 Å². The van der Waals surface area contributed by atoms with Crippen molar-refractivity contribution < 1.29 is 66.4 Å². The summed E-state index contributed by atoms with van der Waals surface area (Å²) < 4.78 is 0. The van der Waals surface area contributed by atoms with Gasteiger partial charge in [0.05, 0.1) is 6.42 Å². The molecule has 0 fully saturated rings. The third-order valence-corrected chi connectivity index (χ3v) is 2.40. The predicted molar refractivity (Wildman–Crippen MR) is 71.8 cm³/mol. The SMILES string of the molecule is CC[CH-]O.O=C(O)Cc1cccc2ccccc12.[K+]. The molecule has 3 nitrogen and oxygen atoms in total. The van der Waals surface area contributed by atoms with Gasteiger partial charge in [-0.3, -0.25) is 4.79 Å². The van der Waals surface area contributed by atoms with E-state index < -0.39 is 5.97 Å². The molecule has 0 aliphatic heterocycles. The average Bonchev–Trinajstić information content (AvgIpc) is 2.39. The fourth-order valence-corrected chi connectivity index (χ4v) is 1.61. The summed E-state index contributed by atoms with van der Waals surface area (Å²) in [7, 11) is 0. The molecule has 0 amide bonds. The summed E-state index contributed by atoms with van der Waals surface area (Å²) in [5.41, 5.74) is 0.871. The van der Waals surface area contributed by atoms with Crippen LogP contribution < -0.4 is 51.4 Å². The van der Waals surface area contributed by atoms with Crippen LogP contribution in [0.1, 0.15) is 18.9 Å². The molecule has 0 aliphatic rings. The molecule has 96 valence electrons. The Bertz CT molecular complexity index is 504.